The summed E-state index contributed by atoms with van der Waals surface area (Å²) in [6.07, 6.45) is 0. The van der Waals surface area contributed by atoms with Crippen molar-refractivity contribution < 1.29 is 18.7 Å². The number of carbonyl (C=O) groups excluding carboxylic acids is 1. The van der Waals surface area contributed by atoms with Crippen LogP contribution >= 0.6 is 0 Å². The number of ether oxygens (including phenoxy) is 2. The maximum atomic E-state index is 13.5. The second-order valence-electron chi connectivity index (χ2n) is 4.56. The molecular weight excluding hydrogens is 273 g/mol. The number of rotatable bonds is 4. The number of nitrogens with two attached hydrogens (primary N) is 1. The molecule has 4 nitrogen and oxygen atoms in total. The van der Waals surface area contributed by atoms with Crippen molar-refractivity contribution in [3.63, 3.8) is 0 Å². The zero-order valence-corrected chi connectivity index (χ0v) is 11.9. The fourth-order valence-corrected chi connectivity index (χ4v) is 1.90. The third-order valence-corrected chi connectivity index (χ3v) is 3.18. The molecule has 2 rings (SSSR count). The van der Waals surface area contributed by atoms with E-state index in [0.717, 1.165) is 0 Å². The van der Waals surface area contributed by atoms with Crippen molar-refractivity contribution >= 4 is 11.7 Å². The van der Waals surface area contributed by atoms with Gasteiger partial charge in [-0.05, 0) is 42.3 Å². The fourth-order valence-electron chi connectivity index (χ4n) is 1.90. The van der Waals surface area contributed by atoms with Crippen molar-refractivity contribution in [2.45, 2.75) is 13.5 Å². The number of anilines is 1. The molecule has 0 saturated heterocycles. The van der Waals surface area contributed by atoms with E-state index in [4.69, 9.17) is 15.2 Å². The van der Waals surface area contributed by atoms with Crippen molar-refractivity contribution in [3.05, 3.63) is 58.9 Å². The number of halogens is 1. The molecule has 5 heteroatoms. The Labute approximate surface area is 122 Å². The number of benzene rings is 2. The lowest BCUT2D eigenvalue weighted by Crippen LogP contribution is -2.08. The van der Waals surface area contributed by atoms with Gasteiger partial charge in [0.15, 0.2) is 11.6 Å². The fraction of sp³-hybridized carbons (Fsp3) is 0.188. The van der Waals surface area contributed by atoms with Gasteiger partial charge in [-0.2, -0.15) is 0 Å². The third-order valence-electron chi connectivity index (χ3n) is 3.18. The maximum Gasteiger partial charge on any atom is 0.338 e. The standard InChI is InChI=1S/C16H16FNO3/c1-10-12(4-3-5-14(10)18)16(19)21-9-11-6-7-15(20-2)13(17)8-11/h3-8H,9,18H2,1-2H3. The van der Waals surface area contributed by atoms with Gasteiger partial charge in [0.05, 0.1) is 12.7 Å². The van der Waals surface area contributed by atoms with E-state index in [1.807, 2.05) is 0 Å². The van der Waals surface area contributed by atoms with Gasteiger partial charge in [-0.1, -0.05) is 12.1 Å². The number of carbonyl (C=O) groups is 1. The van der Waals surface area contributed by atoms with Crippen LogP contribution in [-0.4, -0.2) is 13.1 Å². The minimum Gasteiger partial charge on any atom is -0.494 e. The second-order valence-corrected chi connectivity index (χ2v) is 4.56. The van der Waals surface area contributed by atoms with Crippen LogP contribution in [0.15, 0.2) is 36.4 Å². The van der Waals surface area contributed by atoms with E-state index in [-0.39, 0.29) is 12.4 Å². The minimum absolute atomic E-state index is 0.0199. The highest BCUT2D eigenvalue weighted by Gasteiger charge is 2.12. The summed E-state index contributed by atoms with van der Waals surface area (Å²) in [6.45, 7) is 1.73. The average Bonchev–Trinajstić information content (AvgIpc) is 2.47. The molecule has 0 aliphatic carbocycles. The molecule has 2 aromatic carbocycles. The Balaban J connectivity index is 2.07. The molecule has 0 radical (unpaired) electrons. The van der Waals surface area contributed by atoms with Crippen molar-refractivity contribution in [3.8, 4) is 5.75 Å². The molecule has 0 fully saturated rings. The highest BCUT2D eigenvalue weighted by atomic mass is 19.1. The van der Waals surface area contributed by atoms with Gasteiger partial charge in [0.2, 0.25) is 0 Å². The first-order valence-corrected chi connectivity index (χ1v) is 6.37. The van der Waals surface area contributed by atoms with E-state index in [1.165, 1.54) is 19.2 Å². The van der Waals surface area contributed by atoms with Crippen LogP contribution in [0.4, 0.5) is 10.1 Å². The zero-order valence-electron chi connectivity index (χ0n) is 11.9. The van der Waals surface area contributed by atoms with E-state index in [0.29, 0.717) is 22.4 Å². The molecule has 0 atom stereocenters. The molecule has 2 aromatic rings. The van der Waals surface area contributed by atoms with Gasteiger partial charge in [-0.3, -0.25) is 0 Å². The summed E-state index contributed by atoms with van der Waals surface area (Å²) in [5.41, 5.74) is 7.89. The third kappa shape index (κ3) is 3.31. The smallest absolute Gasteiger partial charge is 0.338 e. The summed E-state index contributed by atoms with van der Waals surface area (Å²) >= 11 is 0. The Morgan fingerprint density at radius 3 is 2.71 bits per heavy atom. The number of nitrogen functional groups attached to an aromatic ring is 1. The lowest BCUT2D eigenvalue weighted by Gasteiger charge is -2.09. The largest absolute Gasteiger partial charge is 0.494 e. The van der Waals surface area contributed by atoms with E-state index in [9.17, 15) is 9.18 Å². The molecule has 0 amide bonds. The molecular formula is C16H16FNO3. The number of esters is 1. The molecule has 0 aromatic heterocycles. The first-order chi connectivity index (χ1) is 10.0. The van der Waals surface area contributed by atoms with Crippen LogP contribution in [-0.2, 0) is 11.3 Å². The van der Waals surface area contributed by atoms with Gasteiger partial charge < -0.3 is 15.2 Å². The number of hydrogen-bond donors (Lipinski definition) is 1. The molecule has 2 N–H and O–H groups in total. The summed E-state index contributed by atoms with van der Waals surface area (Å²) in [4.78, 5) is 12.0. The summed E-state index contributed by atoms with van der Waals surface area (Å²) in [5.74, 6) is -0.834. The van der Waals surface area contributed by atoms with Crippen molar-refractivity contribution in [2.24, 2.45) is 0 Å². The molecule has 0 unspecified atom stereocenters. The summed E-state index contributed by atoms with van der Waals surface area (Å²) in [5, 5.41) is 0. The first kappa shape index (κ1) is 14.8. The Kier molecular flexibility index (Phi) is 4.42. The average molecular weight is 289 g/mol. The van der Waals surface area contributed by atoms with Crippen molar-refractivity contribution in [1.29, 1.82) is 0 Å². The zero-order chi connectivity index (χ0) is 15.4. The van der Waals surface area contributed by atoms with Crippen molar-refractivity contribution in [2.75, 3.05) is 12.8 Å². The SMILES string of the molecule is COc1ccc(COC(=O)c2cccc(N)c2C)cc1F. The molecule has 0 spiro atoms. The van der Waals surface area contributed by atoms with Crippen molar-refractivity contribution in [1.82, 2.24) is 0 Å². The first-order valence-electron chi connectivity index (χ1n) is 6.37. The number of hydrogen-bond acceptors (Lipinski definition) is 4. The monoisotopic (exact) mass is 289 g/mol. The predicted octanol–water partition coefficient (Wildman–Crippen LogP) is 3.08. The molecule has 0 heterocycles. The van der Waals surface area contributed by atoms with Crippen LogP contribution in [0.2, 0.25) is 0 Å². The summed E-state index contributed by atoms with van der Waals surface area (Å²) in [7, 11) is 1.39. The highest BCUT2D eigenvalue weighted by molar-refractivity contribution is 5.92. The van der Waals surface area contributed by atoms with Crippen LogP contribution in [0.5, 0.6) is 5.75 Å². The van der Waals surface area contributed by atoms with Crippen LogP contribution in [0.3, 0.4) is 0 Å². The van der Waals surface area contributed by atoms with Gasteiger partial charge in [0, 0.05) is 5.69 Å². The normalized spacial score (nSPS) is 10.2. The quantitative estimate of drug-likeness (QED) is 0.694. The molecule has 21 heavy (non-hydrogen) atoms. The van der Waals surface area contributed by atoms with Crippen LogP contribution < -0.4 is 10.5 Å². The lowest BCUT2D eigenvalue weighted by atomic mass is 10.1. The Hall–Kier alpha value is -2.56. The molecule has 0 saturated carbocycles. The Bertz CT molecular complexity index is 671. The van der Waals surface area contributed by atoms with Gasteiger partial charge in [-0.15, -0.1) is 0 Å². The van der Waals surface area contributed by atoms with Gasteiger partial charge in [-0.25, -0.2) is 9.18 Å². The Morgan fingerprint density at radius 2 is 2.05 bits per heavy atom. The predicted molar refractivity (Wildman–Crippen MR) is 77.7 cm³/mol. The van der Waals surface area contributed by atoms with E-state index < -0.39 is 11.8 Å². The van der Waals surface area contributed by atoms with Crippen LogP contribution in [0.1, 0.15) is 21.5 Å². The van der Waals surface area contributed by atoms with E-state index in [1.54, 1.807) is 31.2 Å². The molecule has 0 aliphatic heterocycles. The van der Waals surface area contributed by atoms with Gasteiger partial charge >= 0.3 is 5.97 Å². The highest BCUT2D eigenvalue weighted by Crippen LogP contribution is 2.20. The summed E-state index contributed by atoms with van der Waals surface area (Å²) in [6, 6.07) is 9.45. The van der Waals surface area contributed by atoms with Gasteiger partial charge in [0.1, 0.15) is 6.61 Å². The summed E-state index contributed by atoms with van der Waals surface area (Å²) < 4.78 is 23.5. The molecule has 0 aliphatic rings. The van der Waals surface area contributed by atoms with Crippen LogP contribution in [0, 0.1) is 12.7 Å². The van der Waals surface area contributed by atoms with Gasteiger partial charge in [0.25, 0.3) is 0 Å². The number of methoxy groups -OCH3 is 1. The van der Waals surface area contributed by atoms with Crippen LogP contribution in [0.25, 0.3) is 0 Å². The maximum absolute atomic E-state index is 13.5. The Morgan fingerprint density at radius 1 is 1.29 bits per heavy atom. The molecule has 0 bridgehead atoms. The lowest BCUT2D eigenvalue weighted by molar-refractivity contribution is 0.0471. The molecule has 110 valence electrons. The topological polar surface area (TPSA) is 61.5 Å². The van der Waals surface area contributed by atoms with E-state index in [2.05, 4.69) is 0 Å². The minimum atomic E-state index is -0.494. The second kappa shape index (κ2) is 6.26. The van der Waals surface area contributed by atoms with E-state index >= 15 is 0 Å².